The van der Waals surface area contributed by atoms with Gasteiger partial charge in [-0.2, -0.15) is 0 Å². The Hall–Kier alpha value is 0.770. The van der Waals surface area contributed by atoms with Crippen LogP contribution in [-0.2, 0) is 5.88 Å². The van der Waals surface area contributed by atoms with Crippen molar-refractivity contribution < 1.29 is 37.7 Å². The quantitative estimate of drug-likeness (QED) is 0.562. The van der Waals surface area contributed by atoms with Crippen molar-refractivity contribution in [1.29, 1.82) is 0 Å². The molecule has 0 spiro atoms. The fourth-order valence-corrected chi connectivity index (χ4v) is 0.745. The molecule has 1 rings (SSSR count). The van der Waals surface area contributed by atoms with E-state index in [1.54, 1.807) is 0 Å². The average Bonchev–Trinajstić information content (AvgIpc) is 1.90. The molecule has 9 heavy (non-hydrogen) atoms. The van der Waals surface area contributed by atoms with Gasteiger partial charge in [0.05, 0.1) is 0 Å². The molecule has 0 bridgehead atoms. The Kier molecular flexibility index (Phi) is 6.02. The molecule has 0 radical (unpaired) electrons. The monoisotopic (exact) mass is 166 g/mol. The average molecular weight is 167 g/mol. The molecule has 1 aromatic rings. The van der Waals surface area contributed by atoms with E-state index in [1.807, 2.05) is 30.3 Å². The van der Waals surface area contributed by atoms with Crippen molar-refractivity contribution in [3.63, 3.8) is 0 Å². The van der Waals surface area contributed by atoms with Crippen LogP contribution in [0.1, 0.15) is 5.56 Å². The summed E-state index contributed by atoms with van der Waals surface area (Å²) in [5.74, 6) is 0.612. The van der Waals surface area contributed by atoms with Crippen LogP contribution in [0.4, 0.5) is 0 Å². The predicted octanol–water partition coefficient (Wildman–Crippen LogP) is 2.43. The van der Waals surface area contributed by atoms with Gasteiger partial charge in [-0.3, -0.25) is 0 Å². The molecular formula is C7H7ArCl. The summed E-state index contributed by atoms with van der Waals surface area (Å²) in [6, 6.07) is 9.96. The van der Waals surface area contributed by atoms with Crippen molar-refractivity contribution >= 4 is 11.6 Å². The van der Waals surface area contributed by atoms with Crippen LogP contribution in [0.2, 0.25) is 0 Å². The van der Waals surface area contributed by atoms with Gasteiger partial charge in [0, 0.05) is 43.6 Å². The van der Waals surface area contributed by atoms with Gasteiger partial charge in [0.1, 0.15) is 0 Å². The summed E-state index contributed by atoms with van der Waals surface area (Å²) in [6.45, 7) is 0. The van der Waals surface area contributed by atoms with E-state index in [4.69, 9.17) is 11.6 Å². The first kappa shape index (κ1) is 9.77. The molecule has 50 valence electrons. The van der Waals surface area contributed by atoms with Gasteiger partial charge >= 0.3 is 0 Å². The third-order valence-corrected chi connectivity index (χ3v) is 1.31. The fraction of sp³-hybridized carbons (Fsp3) is 0.143. The SMILES string of the molecule is ClCc1ccccc1.[Ar]. The molecule has 0 unspecified atom stereocenters. The number of alkyl halides is 1. The molecule has 0 heterocycles. The Morgan fingerprint density at radius 2 is 1.67 bits per heavy atom. The van der Waals surface area contributed by atoms with E-state index in [0.29, 0.717) is 5.88 Å². The van der Waals surface area contributed by atoms with E-state index >= 15 is 0 Å². The van der Waals surface area contributed by atoms with E-state index in [2.05, 4.69) is 0 Å². The van der Waals surface area contributed by atoms with Crippen molar-refractivity contribution in [1.82, 2.24) is 0 Å². The van der Waals surface area contributed by atoms with Gasteiger partial charge < -0.3 is 0 Å². The van der Waals surface area contributed by atoms with Gasteiger partial charge in [-0.05, 0) is 5.56 Å². The molecule has 0 amide bonds. The van der Waals surface area contributed by atoms with E-state index in [1.165, 1.54) is 5.56 Å². The summed E-state index contributed by atoms with van der Waals surface area (Å²) in [4.78, 5) is 0. The second-order valence-corrected chi connectivity index (χ2v) is 1.89. The summed E-state index contributed by atoms with van der Waals surface area (Å²) in [7, 11) is 0. The Labute approximate surface area is 90.2 Å². The Balaban J connectivity index is 0.000000640. The fourth-order valence-electron chi connectivity index (χ4n) is 0.567. The molecule has 0 aromatic heterocycles. The molecule has 0 atom stereocenters. The zero-order valence-corrected chi connectivity index (χ0v) is 6.29. The van der Waals surface area contributed by atoms with Crippen molar-refractivity contribution in [3.8, 4) is 0 Å². The first-order valence-corrected chi connectivity index (χ1v) is 3.07. The molecule has 0 aliphatic heterocycles. The van der Waals surface area contributed by atoms with Crippen LogP contribution in [0.5, 0.6) is 0 Å². The first-order chi connectivity index (χ1) is 3.93. The van der Waals surface area contributed by atoms with Crippen LogP contribution >= 0.6 is 11.6 Å². The maximum atomic E-state index is 5.53. The minimum atomic E-state index is 0. The van der Waals surface area contributed by atoms with Crippen molar-refractivity contribution in [2.75, 3.05) is 0 Å². The normalized spacial score (nSPS) is 8.11. The second-order valence-electron chi connectivity index (χ2n) is 1.62. The van der Waals surface area contributed by atoms with Gasteiger partial charge in [0.2, 0.25) is 0 Å². The van der Waals surface area contributed by atoms with Crippen LogP contribution in [0, 0.1) is 37.7 Å². The number of halogens is 1. The molecule has 0 N–H and O–H groups in total. The summed E-state index contributed by atoms with van der Waals surface area (Å²) >= 11 is 5.53. The van der Waals surface area contributed by atoms with Crippen LogP contribution in [0.25, 0.3) is 0 Å². The van der Waals surface area contributed by atoms with Crippen molar-refractivity contribution in [2.45, 2.75) is 5.88 Å². The second kappa shape index (κ2) is 5.55. The van der Waals surface area contributed by atoms with E-state index in [0.717, 1.165) is 0 Å². The summed E-state index contributed by atoms with van der Waals surface area (Å²) in [6.07, 6.45) is 0. The number of hydrogen-bond acceptors (Lipinski definition) is 0. The van der Waals surface area contributed by atoms with Gasteiger partial charge in [-0.25, -0.2) is 0 Å². The molecule has 1 aromatic carbocycles. The standard InChI is InChI=1S/C7H7Cl.Ar/c8-6-7-4-2-1-3-5-7;/h1-5H,6H2;. The zero-order chi connectivity index (χ0) is 5.82. The molecule has 0 aliphatic carbocycles. The zero-order valence-electron chi connectivity index (χ0n) is 4.83. The molecule has 0 nitrogen and oxygen atoms in total. The van der Waals surface area contributed by atoms with Crippen molar-refractivity contribution in [2.24, 2.45) is 0 Å². The Bertz CT molecular complexity index is 150. The minimum Gasteiger partial charge on any atom is -0.122 e. The van der Waals surface area contributed by atoms with E-state index in [-0.39, 0.29) is 37.7 Å². The van der Waals surface area contributed by atoms with Gasteiger partial charge in [-0.1, -0.05) is 30.3 Å². The third kappa shape index (κ3) is 3.47. The number of rotatable bonds is 1. The van der Waals surface area contributed by atoms with Crippen LogP contribution < -0.4 is 0 Å². The van der Waals surface area contributed by atoms with Crippen LogP contribution in [0.15, 0.2) is 30.3 Å². The largest absolute Gasteiger partial charge is 0.122 e. The van der Waals surface area contributed by atoms with E-state index < -0.39 is 0 Å². The van der Waals surface area contributed by atoms with Gasteiger partial charge in [-0.15, -0.1) is 11.6 Å². The predicted molar refractivity (Wildman–Crippen MR) is 36.0 cm³/mol. The molecule has 0 aliphatic rings. The van der Waals surface area contributed by atoms with Crippen molar-refractivity contribution in [3.05, 3.63) is 35.9 Å². The minimum absolute atomic E-state index is 0. The number of hydrogen-bond donors (Lipinski definition) is 0. The smallest absolute Gasteiger partial charge is 0.0474 e. The Morgan fingerprint density at radius 1 is 1.11 bits per heavy atom. The Morgan fingerprint density at radius 3 is 2.00 bits per heavy atom. The summed E-state index contributed by atoms with van der Waals surface area (Å²) < 4.78 is 0. The number of benzene rings is 1. The van der Waals surface area contributed by atoms with Gasteiger partial charge in [0.15, 0.2) is 0 Å². The third-order valence-electron chi connectivity index (χ3n) is 0.997. The summed E-state index contributed by atoms with van der Waals surface area (Å²) in [5, 5.41) is 0. The topological polar surface area (TPSA) is 0 Å². The van der Waals surface area contributed by atoms with Crippen LogP contribution in [0.3, 0.4) is 0 Å². The van der Waals surface area contributed by atoms with Crippen LogP contribution in [-0.4, -0.2) is 0 Å². The molecule has 0 fully saturated rings. The maximum absolute atomic E-state index is 5.53. The van der Waals surface area contributed by atoms with Gasteiger partial charge in [0.25, 0.3) is 0 Å². The first-order valence-electron chi connectivity index (χ1n) is 2.53. The maximum Gasteiger partial charge on any atom is 0.0474 e. The van der Waals surface area contributed by atoms with E-state index in [9.17, 15) is 0 Å². The summed E-state index contributed by atoms with van der Waals surface area (Å²) in [5.41, 5.74) is 1.18. The molecule has 0 saturated heterocycles. The molecular weight excluding hydrogens is 159 g/mol. The molecule has 2 heteroatoms. The molecule has 0 saturated carbocycles.